The van der Waals surface area contributed by atoms with Crippen LogP contribution in [0.2, 0.25) is 0 Å². The number of nitrogens with one attached hydrogen (secondary N) is 1. The highest BCUT2D eigenvalue weighted by atomic mass is 16.3. The lowest BCUT2D eigenvalue weighted by atomic mass is 10.0. The molecule has 0 radical (unpaired) electrons. The second kappa shape index (κ2) is 6.71. The summed E-state index contributed by atoms with van der Waals surface area (Å²) < 4.78 is 1.90. The summed E-state index contributed by atoms with van der Waals surface area (Å²) in [5.41, 5.74) is 0. The number of aliphatic hydroxyl groups excluding tert-OH is 1. The van der Waals surface area contributed by atoms with Gasteiger partial charge in [-0.05, 0) is 26.2 Å². The molecule has 1 unspecified atom stereocenters. The summed E-state index contributed by atoms with van der Waals surface area (Å²) in [5.74, 6) is 1.49. The number of nitrogens with zero attached hydrogens (tertiary/aromatic N) is 3. The Balaban J connectivity index is 2.50. The number of aliphatic hydroxyl groups is 1. The van der Waals surface area contributed by atoms with Gasteiger partial charge in [-0.3, -0.25) is 0 Å². The lowest BCUT2D eigenvalue weighted by Crippen LogP contribution is -2.34. The summed E-state index contributed by atoms with van der Waals surface area (Å²) in [6, 6.07) is 0.444. The minimum Gasteiger partial charge on any atom is -0.395 e. The summed E-state index contributed by atoms with van der Waals surface area (Å²) in [6.07, 6.45) is 2.54. The molecule has 17 heavy (non-hydrogen) atoms. The monoisotopic (exact) mass is 240 g/mol. The lowest BCUT2D eigenvalue weighted by molar-refractivity contribution is 0.222. The van der Waals surface area contributed by atoms with Crippen molar-refractivity contribution in [2.75, 3.05) is 6.61 Å². The van der Waals surface area contributed by atoms with E-state index in [4.69, 9.17) is 0 Å². The van der Waals surface area contributed by atoms with Gasteiger partial charge in [0, 0.05) is 12.1 Å². The Kier molecular flexibility index (Phi) is 5.58. The van der Waals surface area contributed by atoms with E-state index in [0.717, 1.165) is 12.2 Å². The van der Waals surface area contributed by atoms with E-state index in [2.05, 4.69) is 43.1 Å². The van der Waals surface area contributed by atoms with Gasteiger partial charge in [0.25, 0.3) is 0 Å². The maximum Gasteiger partial charge on any atom is 0.141 e. The van der Waals surface area contributed by atoms with E-state index in [1.165, 1.54) is 0 Å². The van der Waals surface area contributed by atoms with Crippen molar-refractivity contribution in [2.45, 2.75) is 52.7 Å². The fourth-order valence-electron chi connectivity index (χ4n) is 1.86. The topological polar surface area (TPSA) is 63.0 Å². The number of aromatic nitrogens is 3. The van der Waals surface area contributed by atoms with Gasteiger partial charge < -0.3 is 10.4 Å². The fourth-order valence-corrected chi connectivity index (χ4v) is 1.86. The van der Waals surface area contributed by atoms with Crippen molar-refractivity contribution in [3.63, 3.8) is 0 Å². The van der Waals surface area contributed by atoms with Gasteiger partial charge in [-0.2, -0.15) is 5.10 Å². The maximum atomic E-state index is 9.28. The van der Waals surface area contributed by atoms with Crippen molar-refractivity contribution in [1.82, 2.24) is 20.1 Å². The van der Waals surface area contributed by atoms with Gasteiger partial charge in [-0.25, -0.2) is 9.67 Å². The zero-order valence-electron chi connectivity index (χ0n) is 11.2. The second-order valence-electron chi connectivity index (χ2n) is 5.10. The van der Waals surface area contributed by atoms with Crippen molar-refractivity contribution in [1.29, 1.82) is 0 Å². The smallest absolute Gasteiger partial charge is 0.141 e. The Morgan fingerprint density at radius 1 is 1.35 bits per heavy atom. The number of hydrogen-bond acceptors (Lipinski definition) is 4. The van der Waals surface area contributed by atoms with Gasteiger partial charge in [-0.1, -0.05) is 13.8 Å². The highest BCUT2D eigenvalue weighted by molar-refractivity contribution is 4.86. The van der Waals surface area contributed by atoms with Crippen LogP contribution in [0.4, 0.5) is 0 Å². The molecule has 0 fully saturated rings. The SMILES string of the molecule is CC(C)CC(CO)NCc1ncnn1C(C)C. The Hall–Kier alpha value is -0.940. The van der Waals surface area contributed by atoms with Crippen LogP contribution in [0.1, 0.15) is 46.0 Å². The lowest BCUT2D eigenvalue weighted by Gasteiger charge is -2.18. The molecule has 1 aromatic heterocycles. The molecule has 2 N–H and O–H groups in total. The van der Waals surface area contributed by atoms with Gasteiger partial charge in [0.05, 0.1) is 13.2 Å². The first-order chi connectivity index (χ1) is 8.04. The average molecular weight is 240 g/mol. The molecule has 0 saturated carbocycles. The van der Waals surface area contributed by atoms with Crippen LogP contribution in [0.5, 0.6) is 0 Å². The van der Waals surface area contributed by atoms with E-state index < -0.39 is 0 Å². The van der Waals surface area contributed by atoms with Gasteiger partial charge in [0.2, 0.25) is 0 Å². The van der Waals surface area contributed by atoms with Gasteiger partial charge in [0.1, 0.15) is 12.2 Å². The molecule has 0 aliphatic heterocycles. The second-order valence-corrected chi connectivity index (χ2v) is 5.10. The minimum absolute atomic E-state index is 0.132. The first-order valence-corrected chi connectivity index (χ1v) is 6.27. The standard InChI is InChI=1S/C12H24N4O/c1-9(2)5-11(7-17)13-6-12-14-8-15-16(12)10(3)4/h8-11,13,17H,5-7H2,1-4H3. The molecule has 5 heteroatoms. The molecule has 0 aliphatic carbocycles. The molecule has 1 aromatic rings. The highest BCUT2D eigenvalue weighted by Crippen LogP contribution is 2.07. The third-order valence-corrected chi connectivity index (χ3v) is 2.66. The van der Waals surface area contributed by atoms with E-state index >= 15 is 0 Å². The van der Waals surface area contributed by atoms with Crippen LogP contribution in [0.3, 0.4) is 0 Å². The normalized spacial score (nSPS) is 13.6. The van der Waals surface area contributed by atoms with E-state index in [-0.39, 0.29) is 12.6 Å². The van der Waals surface area contributed by atoms with Crippen LogP contribution in [0.15, 0.2) is 6.33 Å². The Morgan fingerprint density at radius 2 is 2.06 bits per heavy atom. The van der Waals surface area contributed by atoms with Crippen molar-refractivity contribution in [2.24, 2.45) is 5.92 Å². The number of hydrogen-bond donors (Lipinski definition) is 2. The Labute approximate surface area is 103 Å². The highest BCUT2D eigenvalue weighted by Gasteiger charge is 2.12. The van der Waals surface area contributed by atoms with Crippen LogP contribution in [0.25, 0.3) is 0 Å². The van der Waals surface area contributed by atoms with E-state index in [1.807, 2.05) is 4.68 Å². The number of rotatable bonds is 7. The molecule has 0 amide bonds. The largest absolute Gasteiger partial charge is 0.395 e. The molecule has 1 heterocycles. The molecule has 98 valence electrons. The Bertz CT molecular complexity index is 322. The van der Waals surface area contributed by atoms with Crippen molar-refractivity contribution in [3.05, 3.63) is 12.2 Å². The van der Waals surface area contributed by atoms with E-state index in [0.29, 0.717) is 18.5 Å². The van der Waals surface area contributed by atoms with Gasteiger partial charge >= 0.3 is 0 Å². The maximum absolute atomic E-state index is 9.28. The van der Waals surface area contributed by atoms with Crippen LogP contribution in [0, 0.1) is 5.92 Å². The molecule has 0 spiro atoms. The van der Waals surface area contributed by atoms with Crippen LogP contribution < -0.4 is 5.32 Å². The fraction of sp³-hybridized carbons (Fsp3) is 0.833. The molecule has 0 saturated heterocycles. The molecule has 0 aromatic carbocycles. The third-order valence-electron chi connectivity index (χ3n) is 2.66. The minimum atomic E-state index is 0.132. The predicted molar refractivity (Wildman–Crippen MR) is 67.6 cm³/mol. The van der Waals surface area contributed by atoms with Gasteiger partial charge in [-0.15, -0.1) is 0 Å². The third kappa shape index (κ3) is 4.44. The summed E-state index contributed by atoms with van der Waals surface area (Å²) in [4.78, 5) is 4.23. The summed E-state index contributed by atoms with van der Waals surface area (Å²) >= 11 is 0. The van der Waals surface area contributed by atoms with Gasteiger partial charge in [0.15, 0.2) is 0 Å². The van der Waals surface area contributed by atoms with Crippen LogP contribution >= 0.6 is 0 Å². The first kappa shape index (κ1) is 14.1. The first-order valence-electron chi connectivity index (χ1n) is 6.27. The molecule has 0 aliphatic rings. The van der Waals surface area contributed by atoms with Crippen LogP contribution in [-0.2, 0) is 6.54 Å². The Morgan fingerprint density at radius 3 is 2.59 bits per heavy atom. The zero-order valence-corrected chi connectivity index (χ0v) is 11.2. The molecule has 1 rings (SSSR count). The van der Waals surface area contributed by atoms with E-state index in [9.17, 15) is 5.11 Å². The molecule has 1 atom stereocenters. The zero-order chi connectivity index (χ0) is 12.8. The average Bonchev–Trinajstić information content (AvgIpc) is 2.71. The van der Waals surface area contributed by atoms with Crippen molar-refractivity contribution >= 4 is 0 Å². The molecule has 0 bridgehead atoms. The molecular weight excluding hydrogens is 216 g/mol. The van der Waals surface area contributed by atoms with Crippen LogP contribution in [-0.4, -0.2) is 32.5 Å². The predicted octanol–water partition coefficient (Wildman–Crippen LogP) is 1.36. The molecule has 5 nitrogen and oxygen atoms in total. The summed E-state index contributed by atoms with van der Waals surface area (Å²) in [6.45, 7) is 9.28. The van der Waals surface area contributed by atoms with E-state index in [1.54, 1.807) is 6.33 Å². The van der Waals surface area contributed by atoms with Crippen molar-refractivity contribution in [3.8, 4) is 0 Å². The van der Waals surface area contributed by atoms with Crippen molar-refractivity contribution < 1.29 is 5.11 Å². The summed E-state index contributed by atoms with van der Waals surface area (Å²) in [5, 5.41) is 16.8. The quantitative estimate of drug-likeness (QED) is 0.755. The molecular formula is C12H24N4O. The summed E-state index contributed by atoms with van der Waals surface area (Å²) in [7, 11) is 0.